The number of ether oxygens (including phenoxy) is 1. The minimum atomic E-state index is -0.509. The number of nitrogens with zero attached hydrogens (tertiary/aromatic N) is 1. The van der Waals surface area contributed by atoms with Crippen LogP contribution in [-0.4, -0.2) is 41.6 Å². The molecule has 1 aromatic heterocycles. The van der Waals surface area contributed by atoms with E-state index in [9.17, 15) is 9.59 Å². The van der Waals surface area contributed by atoms with Crippen LogP contribution < -0.4 is 5.32 Å². The number of hydrogen-bond acceptors (Lipinski definition) is 4. The van der Waals surface area contributed by atoms with Crippen LogP contribution in [0.25, 0.3) is 0 Å². The van der Waals surface area contributed by atoms with E-state index in [4.69, 9.17) is 4.74 Å². The number of rotatable bonds is 4. The Hall–Kier alpha value is -1.56. The summed E-state index contributed by atoms with van der Waals surface area (Å²) in [6.45, 7) is 6.73. The first kappa shape index (κ1) is 17.8. The molecule has 0 saturated carbocycles. The van der Waals surface area contributed by atoms with Gasteiger partial charge in [0.2, 0.25) is 5.91 Å². The summed E-state index contributed by atoms with van der Waals surface area (Å²) >= 11 is 1.60. The number of carbonyl (C=O) groups is 2. The molecule has 128 valence electrons. The Labute approximate surface area is 142 Å². The van der Waals surface area contributed by atoms with Gasteiger partial charge in [-0.15, -0.1) is 0 Å². The lowest BCUT2D eigenvalue weighted by atomic mass is 10.0. The van der Waals surface area contributed by atoms with E-state index in [-0.39, 0.29) is 11.9 Å². The summed E-state index contributed by atoms with van der Waals surface area (Å²) in [5.41, 5.74) is 0.551. The number of piperidine rings is 1. The maximum atomic E-state index is 12.5. The normalized spacial score (nSPS) is 18.6. The third kappa shape index (κ3) is 5.86. The third-order valence-corrected chi connectivity index (χ3v) is 4.50. The maximum Gasteiger partial charge on any atom is 0.407 e. The highest BCUT2D eigenvalue weighted by molar-refractivity contribution is 7.07. The van der Waals surface area contributed by atoms with Gasteiger partial charge in [0, 0.05) is 19.1 Å². The minimum Gasteiger partial charge on any atom is -0.444 e. The van der Waals surface area contributed by atoms with E-state index in [1.54, 1.807) is 11.3 Å². The maximum absolute atomic E-state index is 12.5. The van der Waals surface area contributed by atoms with Gasteiger partial charge < -0.3 is 15.0 Å². The lowest BCUT2D eigenvalue weighted by Gasteiger charge is -2.36. The van der Waals surface area contributed by atoms with Crippen molar-refractivity contribution in [1.29, 1.82) is 0 Å². The lowest BCUT2D eigenvalue weighted by Crippen LogP contribution is -2.50. The molecule has 1 aliphatic heterocycles. The van der Waals surface area contributed by atoms with Gasteiger partial charge in [-0.1, -0.05) is 0 Å². The van der Waals surface area contributed by atoms with Gasteiger partial charge in [-0.2, -0.15) is 11.3 Å². The molecule has 1 aliphatic rings. The Balaban J connectivity index is 1.88. The molecule has 2 heterocycles. The summed E-state index contributed by atoms with van der Waals surface area (Å²) in [6, 6.07) is 2.04. The van der Waals surface area contributed by atoms with Gasteiger partial charge in [-0.3, -0.25) is 4.79 Å². The SMILES string of the molecule is CC(C)(C)OC(=O)NCC1CCCCN1C(=O)Cc1ccsc1. The molecule has 0 radical (unpaired) electrons. The molecule has 1 atom stereocenters. The summed E-state index contributed by atoms with van der Waals surface area (Å²) in [7, 11) is 0. The Kier molecular flexibility index (Phi) is 6.04. The van der Waals surface area contributed by atoms with Crippen molar-refractivity contribution < 1.29 is 14.3 Å². The highest BCUT2D eigenvalue weighted by Crippen LogP contribution is 2.19. The highest BCUT2D eigenvalue weighted by atomic mass is 32.1. The number of alkyl carbamates (subject to hydrolysis) is 1. The monoisotopic (exact) mass is 338 g/mol. The van der Waals surface area contributed by atoms with Crippen LogP contribution in [0.3, 0.4) is 0 Å². The van der Waals surface area contributed by atoms with Gasteiger partial charge >= 0.3 is 6.09 Å². The lowest BCUT2D eigenvalue weighted by molar-refractivity contribution is -0.134. The van der Waals surface area contributed by atoms with Crippen LogP contribution in [0.4, 0.5) is 4.79 Å². The van der Waals surface area contributed by atoms with Gasteiger partial charge in [0.1, 0.15) is 5.60 Å². The van der Waals surface area contributed by atoms with E-state index in [0.717, 1.165) is 31.4 Å². The predicted octanol–water partition coefficient (Wildman–Crippen LogP) is 3.20. The van der Waals surface area contributed by atoms with Crippen LogP contribution in [0.5, 0.6) is 0 Å². The van der Waals surface area contributed by atoms with Crippen LogP contribution >= 0.6 is 11.3 Å². The minimum absolute atomic E-state index is 0.0578. The number of nitrogens with one attached hydrogen (secondary N) is 1. The van der Waals surface area contributed by atoms with Crippen LogP contribution in [-0.2, 0) is 16.0 Å². The zero-order valence-corrected chi connectivity index (χ0v) is 14.9. The van der Waals surface area contributed by atoms with Crippen molar-refractivity contribution in [2.75, 3.05) is 13.1 Å². The van der Waals surface area contributed by atoms with Crippen molar-refractivity contribution in [1.82, 2.24) is 10.2 Å². The molecule has 1 saturated heterocycles. The first-order chi connectivity index (χ1) is 10.8. The fraction of sp³-hybridized carbons (Fsp3) is 0.647. The number of hydrogen-bond donors (Lipinski definition) is 1. The highest BCUT2D eigenvalue weighted by Gasteiger charge is 2.27. The standard InChI is InChI=1S/C17H26N2O3S/c1-17(2,3)22-16(21)18-11-14-6-4-5-8-19(14)15(20)10-13-7-9-23-12-13/h7,9,12,14H,4-6,8,10-11H2,1-3H3,(H,18,21). The first-order valence-electron chi connectivity index (χ1n) is 8.12. The Morgan fingerprint density at radius 3 is 2.83 bits per heavy atom. The van der Waals surface area contributed by atoms with Crippen LogP contribution in [0, 0.1) is 0 Å². The van der Waals surface area contributed by atoms with Crippen molar-refractivity contribution in [3.05, 3.63) is 22.4 Å². The van der Waals surface area contributed by atoms with Crippen LogP contribution in [0.1, 0.15) is 45.6 Å². The molecule has 6 heteroatoms. The summed E-state index contributed by atoms with van der Waals surface area (Å²) < 4.78 is 5.26. The Morgan fingerprint density at radius 2 is 2.17 bits per heavy atom. The van der Waals surface area contributed by atoms with E-state index in [1.807, 2.05) is 42.5 Å². The van der Waals surface area contributed by atoms with Gasteiger partial charge in [-0.05, 0) is 62.4 Å². The topological polar surface area (TPSA) is 58.6 Å². The molecular weight excluding hydrogens is 312 g/mol. The smallest absolute Gasteiger partial charge is 0.407 e. The average Bonchev–Trinajstić information content (AvgIpc) is 2.96. The molecule has 1 fully saturated rings. The van der Waals surface area contributed by atoms with Crippen LogP contribution in [0.15, 0.2) is 16.8 Å². The van der Waals surface area contributed by atoms with E-state index in [1.165, 1.54) is 0 Å². The number of carbonyl (C=O) groups excluding carboxylic acids is 2. The molecule has 0 bridgehead atoms. The second-order valence-electron chi connectivity index (χ2n) is 6.93. The molecule has 2 amide bonds. The van der Waals surface area contributed by atoms with E-state index in [2.05, 4.69) is 5.32 Å². The first-order valence-corrected chi connectivity index (χ1v) is 9.07. The van der Waals surface area contributed by atoms with Gasteiger partial charge in [0.25, 0.3) is 0 Å². The second kappa shape index (κ2) is 7.81. The third-order valence-electron chi connectivity index (χ3n) is 3.76. The summed E-state index contributed by atoms with van der Waals surface area (Å²) in [5, 5.41) is 6.80. The molecule has 1 unspecified atom stereocenters. The molecule has 0 aliphatic carbocycles. The average molecular weight is 338 g/mol. The molecule has 0 aromatic carbocycles. The zero-order chi connectivity index (χ0) is 16.9. The van der Waals surface area contributed by atoms with Gasteiger partial charge in [0.15, 0.2) is 0 Å². The zero-order valence-electron chi connectivity index (χ0n) is 14.1. The molecule has 23 heavy (non-hydrogen) atoms. The molecule has 2 rings (SSSR count). The summed E-state index contributed by atoms with van der Waals surface area (Å²) in [5.74, 6) is 0.138. The molecule has 1 aromatic rings. The van der Waals surface area contributed by atoms with Crippen molar-refractivity contribution in [3.8, 4) is 0 Å². The number of amides is 2. The quantitative estimate of drug-likeness (QED) is 0.917. The summed E-state index contributed by atoms with van der Waals surface area (Å²) in [6.07, 6.45) is 3.05. The number of likely N-dealkylation sites (tertiary alicyclic amines) is 1. The molecule has 0 spiro atoms. The van der Waals surface area contributed by atoms with Crippen LogP contribution in [0.2, 0.25) is 0 Å². The molecule has 1 N–H and O–H groups in total. The largest absolute Gasteiger partial charge is 0.444 e. The Bertz CT molecular complexity index is 522. The van der Waals surface area contributed by atoms with Crippen molar-refractivity contribution in [2.45, 2.75) is 58.1 Å². The van der Waals surface area contributed by atoms with E-state index in [0.29, 0.717) is 13.0 Å². The van der Waals surface area contributed by atoms with Crippen molar-refractivity contribution in [3.63, 3.8) is 0 Å². The second-order valence-corrected chi connectivity index (χ2v) is 7.71. The summed E-state index contributed by atoms with van der Waals surface area (Å²) in [4.78, 5) is 26.2. The number of thiophene rings is 1. The fourth-order valence-electron chi connectivity index (χ4n) is 2.73. The molecule has 5 nitrogen and oxygen atoms in total. The van der Waals surface area contributed by atoms with Crippen molar-refractivity contribution >= 4 is 23.3 Å². The Morgan fingerprint density at radius 1 is 1.39 bits per heavy atom. The van der Waals surface area contributed by atoms with Gasteiger partial charge in [0.05, 0.1) is 6.42 Å². The molecular formula is C17H26N2O3S. The van der Waals surface area contributed by atoms with E-state index >= 15 is 0 Å². The predicted molar refractivity (Wildman–Crippen MR) is 91.6 cm³/mol. The van der Waals surface area contributed by atoms with Gasteiger partial charge in [-0.25, -0.2) is 4.79 Å². The van der Waals surface area contributed by atoms with E-state index < -0.39 is 11.7 Å². The van der Waals surface area contributed by atoms with Crippen molar-refractivity contribution in [2.24, 2.45) is 0 Å². The fourth-order valence-corrected chi connectivity index (χ4v) is 3.39.